The van der Waals surface area contributed by atoms with Crippen molar-refractivity contribution in [2.24, 2.45) is 14.1 Å². The van der Waals surface area contributed by atoms with Gasteiger partial charge in [0.25, 0.3) is 0 Å². The molecule has 242 valence electrons. The van der Waals surface area contributed by atoms with Crippen molar-refractivity contribution < 1.29 is 4.79 Å². The monoisotopic (exact) mass is 639 g/mol. The third-order valence-electron chi connectivity index (χ3n) is 8.32. The minimum atomic E-state index is -0.203. The summed E-state index contributed by atoms with van der Waals surface area (Å²) in [6, 6.07) is 21.0. The van der Waals surface area contributed by atoms with Crippen LogP contribution in [0.25, 0.3) is 44.3 Å². The van der Waals surface area contributed by atoms with Crippen LogP contribution in [0.2, 0.25) is 0 Å². The molecule has 0 fully saturated rings. The Kier molecular flexibility index (Phi) is 8.38. The van der Waals surface area contributed by atoms with Gasteiger partial charge in [-0.2, -0.15) is 0 Å². The van der Waals surface area contributed by atoms with Gasteiger partial charge in [0.1, 0.15) is 35.6 Å². The molecule has 0 aliphatic heterocycles. The highest BCUT2D eigenvalue weighted by Gasteiger charge is 2.17. The molecule has 0 unspecified atom stereocenters. The van der Waals surface area contributed by atoms with Crippen LogP contribution in [0.4, 0.5) is 33.5 Å². The Morgan fingerprint density at radius 2 is 1.21 bits per heavy atom. The maximum atomic E-state index is 12.6. The molecule has 12 nitrogen and oxygen atoms in total. The summed E-state index contributed by atoms with van der Waals surface area (Å²) in [4.78, 5) is 31.0. The Morgan fingerprint density at radius 1 is 0.688 bits per heavy atom. The molecule has 7 N–H and O–H groups in total. The number of hydrogen-bond acceptors (Lipinski definition) is 8. The second-order valence-electron chi connectivity index (χ2n) is 11.7. The molecule has 12 heteroatoms. The Morgan fingerprint density at radius 3 is 1.73 bits per heavy atom. The van der Waals surface area contributed by atoms with E-state index in [0.29, 0.717) is 11.6 Å². The van der Waals surface area contributed by atoms with Crippen LogP contribution >= 0.6 is 0 Å². The molecular weight excluding hydrogens is 602 g/mol. The SMILES string of the molecule is Cc1cc(N)ccc1-c1cn(C)c2ncnc(N)c12.Cc1cc(NC(=O)N(C)c2ccccc2)ccc1-c1cn(C)c2ncnc(N)c12. The fourth-order valence-electron chi connectivity index (χ4n) is 5.89. The van der Waals surface area contributed by atoms with Crippen LogP contribution in [0.1, 0.15) is 11.1 Å². The number of anilines is 5. The fourth-order valence-corrected chi connectivity index (χ4v) is 5.89. The summed E-state index contributed by atoms with van der Waals surface area (Å²) in [6.07, 6.45) is 6.97. The van der Waals surface area contributed by atoms with E-state index in [-0.39, 0.29) is 6.03 Å². The molecule has 3 aromatic carbocycles. The van der Waals surface area contributed by atoms with Crippen molar-refractivity contribution in [3.8, 4) is 22.3 Å². The minimum absolute atomic E-state index is 0.203. The zero-order chi connectivity index (χ0) is 34.1. The van der Waals surface area contributed by atoms with Gasteiger partial charge >= 0.3 is 6.03 Å². The highest BCUT2D eigenvalue weighted by molar-refractivity contribution is 6.04. The summed E-state index contributed by atoms with van der Waals surface area (Å²) >= 11 is 0. The van der Waals surface area contributed by atoms with Gasteiger partial charge in [-0.15, -0.1) is 0 Å². The lowest BCUT2D eigenvalue weighted by Crippen LogP contribution is -2.31. The predicted octanol–water partition coefficient (Wildman–Crippen LogP) is 6.30. The first-order valence-corrected chi connectivity index (χ1v) is 15.2. The first-order valence-electron chi connectivity index (χ1n) is 15.2. The van der Waals surface area contributed by atoms with E-state index in [1.807, 2.05) is 116 Å². The van der Waals surface area contributed by atoms with Crippen LogP contribution in [-0.2, 0) is 14.1 Å². The average molecular weight is 640 g/mol. The van der Waals surface area contributed by atoms with Crippen LogP contribution in [0.3, 0.4) is 0 Å². The number of urea groups is 1. The number of aryl methyl sites for hydroxylation is 4. The first kappa shape index (κ1) is 31.5. The number of benzene rings is 3. The molecule has 0 atom stereocenters. The Balaban J connectivity index is 0.000000182. The van der Waals surface area contributed by atoms with Gasteiger partial charge in [0.2, 0.25) is 0 Å². The molecule has 0 radical (unpaired) electrons. The average Bonchev–Trinajstić information content (AvgIpc) is 3.59. The number of nitrogens with one attached hydrogen (secondary N) is 1. The number of para-hydroxylation sites is 1. The standard InChI is InChI=1S/C22H22N6O.C14H15N5/c1-14-11-15(26-22(29)28(3)16-7-5-4-6-8-16)9-10-17(14)18-12-27(2)21-19(18)20(23)24-13-25-21;1-8-5-9(15)3-4-10(8)11-6-19(2)14-12(11)13(16)17-7-18-14/h4-13H,1-3H3,(H,26,29)(H2,23,24,25);3-7H,15H2,1-2H3,(H2,16,17,18). The maximum absolute atomic E-state index is 12.6. The van der Waals surface area contributed by atoms with Gasteiger partial charge in [0, 0.05) is 61.7 Å². The zero-order valence-electron chi connectivity index (χ0n) is 27.4. The third kappa shape index (κ3) is 5.94. The van der Waals surface area contributed by atoms with Gasteiger partial charge < -0.3 is 31.7 Å². The van der Waals surface area contributed by atoms with E-state index in [2.05, 4.69) is 25.3 Å². The van der Waals surface area contributed by atoms with E-state index in [0.717, 1.165) is 72.5 Å². The molecule has 7 rings (SSSR count). The Hall–Kier alpha value is -6.43. The van der Waals surface area contributed by atoms with Crippen LogP contribution in [-0.4, -0.2) is 42.1 Å². The van der Waals surface area contributed by atoms with Crippen LogP contribution in [0.15, 0.2) is 91.8 Å². The van der Waals surface area contributed by atoms with Gasteiger partial charge in [-0.05, 0) is 72.5 Å². The number of carbonyl (C=O) groups is 1. The van der Waals surface area contributed by atoms with Crippen molar-refractivity contribution in [3.05, 3.63) is 103 Å². The molecule has 0 spiro atoms. The number of aromatic nitrogens is 6. The number of carbonyl (C=O) groups excluding carboxylic acids is 1. The summed E-state index contributed by atoms with van der Waals surface area (Å²) in [5.74, 6) is 0.948. The largest absolute Gasteiger partial charge is 0.399 e. The molecule has 4 aromatic heterocycles. The van der Waals surface area contributed by atoms with Crippen LogP contribution in [0, 0.1) is 13.8 Å². The molecule has 0 saturated carbocycles. The molecule has 0 saturated heterocycles. The second-order valence-corrected chi connectivity index (χ2v) is 11.7. The van der Waals surface area contributed by atoms with Crippen LogP contribution in [0.5, 0.6) is 0 Å². The van der Waals surface area contributed by atoms with E-state index >= 15 is 0 Å². The number of fused-ring (bicyclic) bond motifs is 2. The van der Waals surface area contributed by atoms with Gasteiger partial charge in [-0.25, -0.2) is 24.7 Å². The van der Waals surface area contributed by atoms with Crippen LogP contribution < -0.4 is 27.4 Å². The molecule has 0 bridgehead atoms. The van der Waals surface area contributed by atoms with E-state index in [9.17, 15) is 4.79 Å². The van der Waals surface area contributed by atoms with Gasteiger partial charge in [0.05, 0.1) is 10.8 Å². The lowest BCUT2D eigenvalue weighted by atomic mass is 10.00. The van der Waals surface area contributed by atoms with Crippen molar-refractivity contribution in [1.82, 2.24) is 29.1 Å². The fraction of sp³-hybridized carbons (Fsp3) is 0.139. The number of amides is 2. The minimum Gasteiger partial charge on any atom is -0.399 e. The number of nitrogen functional groups attached to an aromatic ring is 3. The quantitative estimate of drug-likeness (QED) is 0.162. The molecule has 48 heavy (non-hydrogen) atoms. The van der Waals surface area contributed by atoms with Crippen molar-refractivity contribution >= 4 is 56.8 Å². The normalized spacial score (nSPS) is 10.9. The highest BCUT2D eigenvalue weighted by atomic mass is 16.2. The zero-order valence-corrected chi connectivity index (χ0v) is 27.4. The predicted molar refractivity (Wildman–Crippen MR) is 194 cm³/mol. The number of hydrogen-bond donors (Lipinski definition) is 4. The molecule has 2 amide bonds. The maximum Gasteiger partial charge on any atom is 0.326 e. The number of nitrogens with zero attached hydrogens (tertiary/aromatic N) is 7. The van der Waals surface area contributed by atoms with E-state index in [4.69, 9.17) is 17.2 Å². The molecule has 4 heterocycles. The van der Waals surface area contributed by atoms with Crippen molar-refractivity contribution in [1.29, 1.82) is 0 Å². The van der Waals surface area contributed by atoms with E-state index < -0.39 is 0 Å². The third-order valence-corrected chi connectivity index (χ3v) is 8.32. The summed E-state index contributed by atoms with van der Waals surface area (Å²) in [6.45, 7) is 4.04. The van der Waals surface area contributed by atoms with Gasteiger partial charge in [0.15, 0.2) is 0 Å². The van der Waals surface area contributed by atoms with Crippen molar-refractivity contribution in [2.75, 3.05) is 34.5 Å². The highest BCUT2D eigenvalue weighted by Crippen LogP contribution is 2.36. The molecule has 0 aliphatic carbocycles. The van der Waals surface area contributed by atoms with Gasteiger partial charge in [-0.1, -0.05) is 30.3 Å². The Labute approximate surface area is 277 Å². The Bertz CT molecular complexity index is 2290. The number of nitrogens with two attached hydrogens (primary N) is 3. The van der Waals surface area contributed by atoms with Gasteiger partial charge in [-0.3, -0.25) is 4.90 Å². The summed E-state index contributed by atoms with van der Waals surface area (Å²) in [7, 11) is 5.62. The smallest absolute Gasteiger partial charge is 0.326 e. The molecule has 7 aromatic rings. The number of rotatable bonds is 4. The second kappa shape index (κ2) is 12.8. The summed E-state index contributed by atoms with van der Waals surface area (Å²) in [5, 5.41) is 4.66. The van der Waals surface area contributed by atoms with E-state index in [1.54, 1.807) is 11.9 Å². The van der Waals surface area contributed by atoms with Crippen molar-refractivity contribution in [3.63, 3.8) is 0 Å². The molecular formula is C36H37N11O. The summed E-state index contributed by atoms with van der Waals surface area (Å²) in [5.41, 5.74) is 28.1. The summed E-state index contributed by atoms with van der Waals surface area (Å²) < 4.78 is 3.89. The first-order chi connectivity index (χ1) is 23.0. The topological polar surface area (TPSA) is 172 Å². The van der Waals surface area contributed by atoms with E-state index in [1.165, 1.54) is 12.7 Å². The molecule has 0 aliphatic rings. The lowest BCUT2D eigenvalue weighted by Gasteiger charge is -2.18. The van der Waals surface area contributed by atoms with Crippen molar-refractivity contribution in [2.45, 2.75) is 13.8 Å². The lowest BCUT2D eigenvalue weighted by molar-refractivity contribution is 0.258.